The van der Waals surface area contributed by atoms with Gasteiger partial charge in [-0.15, -0.1) is 0 Å². The Morgan fingerprint density at radius 3 is 2.94 bits per heavy atom. The molecule has 2 aromatic heterocycles. The number of imidazole rings is 1. The van der Waals surface area contributed by atoms with Gasteiger partial charge < -0.3 is 9.88 Å². The van der Waals surface area contributed by atoms with Crippen LogP contribution in [-0.4, -0.2) is 25.0 Å². The van der Waals surface area contributed by atoms with Gasteiger partial charge in [0.2, 0.25) is 11.0 Å². The number of hydrogen-bond donors (Lipinski definition) is 1. The van der Waals surface area contributed by atoms with Gasteiger partial charge in [0, 0.05) is 36.4 Å². The van der Waals surface area contributed by atoms with Crippen molar-refractivity contribution >= 4 is 16.7 Å². The van der Waals surface area contributed by atoms with Crippen molar-refractivity contribution in [3.05, 3.63) is 24.0 Å². The number of rotatable bonds is 2. The standard InChI is InChI=1S/C9H8F3N5S/c10-9(11,12)7-15-8(18-16-7)14-5-1-6-2-13-4-17(6)3-5/h2,4-5H,1,3H2,(H,14,15,16). The monoisotopic (exact) mass is 275 g/mol. The number of aromatic nitrogens is 4. The molecule has 0 spiro atoms. The Balaban J connectivity index is 1.68. The second kappa shape index (κ2) is 3.94. The Morgan fingerprint density at radius 1 is 1.44 bits per heavy atom. The minimum Gasteiger partial charge on any atom is -0.355 e. The molecular weight excluding hydrogens is 267 g/mol. The Bertz CT molecular complexity index is 540. The van der Waals surface area contributed by atoms with Gasteiger partial charge in [0.05, 0.1) is 12.4 Å². The molecule has 0 fully saturated rings. The van der Waals surface area contributed by atoms with Gasteiger partial charge >= 0.3 is 6.18 Å². The summed E-state index contributed by atoms with van der Waals surface area (Å²) in [5.41, 5.74) is 1.06. The van der Waals surface area contributed by atoms with Crippen LogP contribution in [0.4, 0.5) is 18.3 Å². The van der Waals surface area contributed by atoms with Gasteiger partial charge in [-0.2, -0.15) is 22.5 Å². The smallest absolute Gasteiger partial charge is 0.355 e. The molecule has 0 aromatic carbocycles. The third kappa shape index (κ3) is 2.05. The van der Waals surface area contributed by atoms with Crippen molar-refractivity contribution < 1.29 is 13.2 Å². The average molecular weight is 275 g/mol. The number of fused-ring (bicyclic) bond motifs is 1. The Labute approximate surface area is 104 Å². The van der Waals surface area contributed by atoms with Crippen molar-refractivity contribution in [3.8, 4) is 0 Å². The summed E-state index contributed by atoms with van der Waals surface area (Å²) in [4.78, 5) is 7.42. The normalized spacial score (nSPS) is 18.9. The highest BCUT2D eigenvalue weighted by atomic mass is 32.1. The summed E-state index contributed by atoms with van der Waals surface area (Å²) in [5.74, 6) is -1.09. The van der Waals surface area contributed by atoms with Crippen LogP contribution < -0.4 is 5.32 Å². The van der Waals surface area contributed by atoms with E-state index in [9.17, 15) is 13.2 Å². The number of hydrogen-bond acceptors (Lipinski definition) is 5. The summed E-state index contributed by atoms with van der Waals surface area (Å²) in [6.45, 7) is 0.677. The molecule has 1 unspecified atom stereocenters. The molecule has 0 amide bonds. The zero-order chi connectivity index (χ0) is 12.8. The maximum atomic E-state index is 12.3. The maximum Gasteiger partial charge on any atom is 0.452 e. The van der Waals surface area contributed by atoms with E-state index >= 15 is 0 Å². The summed E-state index contributed by atoms with van der Waals surface area (Å²) in [6, 6.07) is 0.0389. The molecule has 0 saturated heterocycles. The Morgan fingerprint density at radius 2 is 2.28 bits per heavy atom. The minimum atomic E-state index is -4.48. The second-order valence-electron chi connectivity index (χ2n) is 4.00. The van der Waals surface area contributed by atoms with Crippen LogP contribution in [0.15, 0.2) is 12.5 Å². The molecule has 18 heavy (non-hydrogen) atoms. The fourth-order valence-electron chi connectivity index (χ4n) is 1.91. The average Bonchev–Trinajstić information content (AvgIpc) is 2.90. The van der Waals surface area contributed by atoms with Crippen LogP contribution in [0.1, 0.15) is 11.5 Å². The van der Waals surface area contributed by atoms with Crippen molar-refractivity contribution in [1.29, 1.82) is 0 Å². The maximum absolute atomic E-state index is 12.3. The van der Waals surface area contributed by atoms with Gasteiger partial charge in [-0.05, 0) is 0 Å². The van der Waals surface area contributed by atoms with Gasteiger partial charge in [0.15, 0.2) is 0 Å². The molecule has 1 aliphatic rings. The van der Waals surface area contributed by atoms with Crippen molar-refractivity contribution in [1.82, 2.24) is 18.9 Å². The van der Waals surface area contributed by atoms with E-state index in [-0.39, 0.29) is 11.2 Å². The molecule has 1 atom stereocenters. The lowest BCUT2D eigenvalue weighted by Gasteiger charge is -2.09. The van der Waals surface area contributed by atoms with Gasteiger partial charge in [-0.3, -0.25) is 0 Å². The molecule has 3 rings (SSSR count). The highest BCUT2D eigenvalue weighted by molar-refractivity contribution is 7.09. The summed E-state index contributed by atoms with van der Waals surface area (Å²) in [7, 11) is 0. The summed E-state index contributed by atoms with van der Waals surface area (Å²) < 4.78 is 42.2. The van der Waals surface area contributed by atoms with Gasteiger partial charge in [0.1, 0.15) is 0 Å². The zero-order valence-corrected chi connectivity index (χ0v) is 9.79. The van der Waals surface area contributed by atoms with Crippen LogP contribution in [0.5, 0.6) is 0 Å². The summed E-state index contributed by atoms with van der Waals surface area (Å²) in [6.07, 6.45) is -0.302. The van der Waals surface area contributed by atoms with Crippen molar-refractivity contribution in [3.63, 3.8) is 0 Å². The van der Waals surface area contributed by atoms with Crippen LogP contribution in [0.3, 0.4) is 0 Å². The number of nitrogens with zero attached hydrogens (tertiary/aromatic N) is 4. The first kappa shape index (κ1) is 11.5. The molecule has 0 radical (unpaired) electrons. The number of halogens is 3. The van der Waals surface area contributed by atoms with Crippen molar-refractivity contribution in [2.24, 2.45) is 0 Å². The largest absolute Gasteiger partial charge is 0.452 e. The molecule has 0 aliphatic carbocycles. The van der Waals surface area contributed by atoms with E-state index in [4.69, 9.17) is 0 Å². The quantitative estimate of drug-likeness (QED) is 0.908. The molecule has 0 bridgehead atoms. The van der Waals surface area contributed by atoms with Crippen LogP contribution in [0, 0.1) is 0 Å². The molecule has 96 valence electrons. The number of nitrogens with one attached hydrogen (secondary N) is 1. The van der Waals surface area contributed by atoms with Gasteiger partial charge in [0.25, 0.3) is 0 Å². The van der Waals surface area contributed by atoms with E-state index in [1.54, 1.807) is 12.5 Å². The topological polar surface area (TPSA) is 55.6 Å². The van der Waals surface area contributed by atoms with Gasteiger partial charge in [-0.1, -0.05) is 0 Å². The van der Waals surface area contributed by atoms with Crippen LogP contribution in [-0.2, 0) is 19.1 Å². The molecule has 2 aromatic rings. The molecule has 1 N–H and O–H groups in total. The fraction of sp³-hybridized carbons (Fsp3) is 0.444. The third-order valence-electron chi connectivity index (χ3n) is 2.68. The van der Waals surface area contributed by atoms with Crippen molar-refractivity contribution in [2.45, 2.75) is 25.2 Å². The Kier molecular flexibility index (Phi) is 2.51. The first-order valence-electron chi connectivity index (χ1n) is 5.19. The van der Waals surface area contributed by atoms with Crippen LogP contribution >= 0.6 is 11.5 Å². The first-order chi connectivity index (χ1) is 8.52. The van der Waals surface area contributed by atoms with Crippen molar-refractivity contribution in [2.75, 3.05) is 5.32 Å². The summed E-state index contributed by atoms with van der Waals surface area (Å²) >= 11 is 0.727. The summed E-state index contributed by atoms with van der Waals surface area (Å²) in [5, 5.41) is 3.16. The fourth-order valence-corrected chi connectivity index (χ4v) is 2.57. The third-order valence-corrected chi connectivity index (χ3v) is 3.32. The lowest BCUT2D eigenvalue weighted by molar-refractivity contribution is -0.144. The molecule has 9 heteroatoms. The lowest BCUT2D eigenvalue weighted by atomic mass is 10.2. The SMILES string of the molecule is FC(F)(F)c1nsc(NC2Cc3cncn3C2)n1. The predicted molar refractivity (Wildman–Crippen MR) is 58.3 cm³/mol. The number of alkyl halides is 3. The van der Waals surface area contributed by atoms with Crippen LogP contribution in [0.25, 0.3) is 0 Å². The molecular formula is C9H8F3N5S. The molecule has 1 aliphatic heterocycles. The Hall–Kier alpha value is -1.64. The minimum absolute atomic E-state index is 0.0389. The van der Waals surface area contributed by atoms with E-state index in [0.29, 0.717) is 6.54 Å². The zero-order valence-electron chi connectivity index (χ0n) is 8.98. The highest BCUT2D eigenvalue weighted by Gasteiger charge is 2.36. The second-order valence-corrected chi connectivity index (χ2v) is 4.76. The lowest BCUT2D eigenvalue weighted by Crippen LogP contribution is -2.20. The molecule has 5 nitrogen and oxygen atoms in total. The van der Waals surface area contributed by atoms with E-state index in [1.165, 1.54) is 0 Å². The van der Waals surface area contributed by atoms with Gasteiger partial charge in [-0.25, -0.2) is 4.98 Å². The molecule has 3 heterocycles. The highest BCUT2D eigenvalue weighted by Crippen LogP contribution is 2.29. The van der Waals surface area contributed by atoms with Crippen LogP contribution in [0.2, 0.25) is 0 Å². The molecule has 0 saturated carbocycles. The van der Waals surface area contributed by atoms with E-state index in [2.05, 4.69) is 19.7 Å². The number of anilines is 1. The predicted octanol–water partition coefficient (Wildman–Crippen LogP) is 1.79. The van der Waals surface area contributed by atoms with E-state index in [1.807, 2.05) is 4.57 Å². The van der Waals surface area contributed by atoms with E-state index < -0.39 is 12.0 Å². The first-order valence-corrected chi connectivity index (χ1v) is 5.96. The van der Waals surface area contributed by atoms with E-state index in [0.717, 1.165) is 23.6 Å².